The summed E-state index contributed by atoms with van der Waals surface area (Å²) in [7, 11) is -4.16. The second-order valence-electron chi connectivity index (χ2n) is 3.87. The molecular formula is C9H13N3O6S. The van der Waals surface area contributed by atoms with Gasteiger partial charge in [-0.3, -0.25) is 14.7 Å². The van der Waals surface area contributed by atoms with Gasteiger partial charge in [-0.15, -0.1) is 0 Å². The zero-order chi connectivity index (χ0) is 14.8. The fourth-order valence-corrected chi connectivity index (χ4v) is 3.10. The van der Waals surface area contributed by atoms with Crippen molar-refractivity contribution in [3.63, 3.8) is 0 Å². The number of H-pyrrole nitrogens is 1. The molecule has 10 heteroatoms. The average Bonchev–Trinajstić information content (AvgIpc) is 2.56. The number of hydrogen-bond acceptors (Lipinski definition) is 5. The van der Waals surface area contributed by atoms with Crippen LogP contribution in [0, 0.1) is 13.8 Å². The number of carbonyl (C=O) groups is 2. The number of carboxylic acids is 2. The molecule has 0 fully saturated rings. The van der Waals surface area contributed by atoms with Gasteiger partial charge in [0, 0.05) is 0 Å². The number of hydrogen-bond donors (Lipinski definition) is 4. The predicted molar refractivity (Wildman–Crippen MR) is 62.1 cm³/mol. The number of carboxylic acid groups (broad SMARTS) is 2. The number of sulfonamides is 1. The molecule has 0 spiro atoms. The second-order valence-corrected chi connectivity index (χ2v) is 5.52. The monoisotopic (exact) mass is 291 g/mol. The molecule has 0 aromatic carbocycles. The summed E-state index contributed by atoms with van der Waals surface area (Å²) in [6, 6.07) is -1.74. The van der Waals surface area contributed by atoms with E-state index in [4.69, 9.17) is 10.2 Å². The van der Waals surface area contributed by atoms with Crippen molar-refractivity contribution in [3.8, 4) is 0 Å². The Kier molecular flexibility index (Phi) is 4.27. The molecule has 9 nitrogen and oxygen atoms in total. The minimum absolute atomic E-state index is 0.171. The number of rotatable bonds is 6. The van der Waals surface area contributed by atoms with Crippen molar-refractivity contribution in [1.82, 2.24) is 14.9 Å². The van der Waals surface area contributed by atoms with E-state index < -0.39 is 34.4 Å². The summed E-state index contributed by atoms with van der Waals surface area (Å²) in [5.41, 5.74) is 0.411. The molecule has 1 aromatic rings. The standard InChI is InChI=1S/C9H13N3O6S/c1-4-8(5(2)11-10-4)19(17,18)12-6(9(15)16)3-7(13)14/h6,12H,3H2,1-2H3,(H,10,11)(H,13,14)(H,15,16). The van der Waals surface area contributed by atoms with Crippen LogP contribution >= 0.6 is 0 Å². The maximum Gasteiger partial charge on any atom is 0.322 e. The van der Waals surface area contributed by atoms with E-state index in [0.29, 0.717) is 0 Å². The molecule has 0 aliphatic heterocycles. The maximum atomic E-state index is 12.0. The molecule has 0 saturated carbocycles. The van der Waals surface area contributed by atoms with Crippen molar-refractivity contribution in [2.75, 3.05) is 0 Å². The van der Waals surface area contributed by atoms with E-state index in [1.54, 1.807) is 0 Å². The van der Waals surface area contributed by atoms with Gasteiger partial charge in [-0.1, -0.05) is 0 Å². The Hall–Kier alpha value is -1.94. The van der Waals surface area contributed by atoms with E-state index in [2.05, 4.69) is 10.2 Å². The van der Waals surface area contributed by atoms with E-state index >= 15 is 0 Å². The maximum absolute atomic E-state index is 12.0. The van der Waals surface area contributed by atoms with Crippen molar-refractivity contribution >= 4 is 22.0 Å². The third-order valence-electron chi connectivity index (χ3n) is 2.30. The normalized spacial score (nSPS) is 13.2. The molecule has 19 heavy (non-hydrogen) atoms. The molecule has 0 radical (unpaired) electrons. The summed E-state index contributed by atoms with van der Waals surface area (Å²) in [4.78, 5) is 21.2. The Morgan fingerprint density at radius 1 is 1.37 bits per heavy atom. The van der Waals surface area contributed by atoms with Crippen LogP contribution < -0.4 is 4.72 Å². The van der Waals surface area contributed by atoms with Crippen molar-refractivity contribution < 1.29 is 28.2 Å². The van der Waals surface area contributed by atoms with Gasteiger partial charge < -0.3 is 10.2 Å². The third-order valence-corrected chi connectivity index (χ3v) is 4.04. The fraction of sp³-hybridized carbons (Fsp3) is 0.444. The molecule has 1 unspecified atom stereocenters. The first kappa shape index (κ1) is 15.1. The first-order valence-electron chi connectivity index (χ1n) is 5.13. The summed E-state index contributed by atoms with van der Waals surface area (Å²) in [5.74, 6) is -2.99. The summed E-state index contributed by atoms with van der Waals surface area (Å²) in [6.07, 6.45) is -0.857. The molecule has 0 saturated heterocycles. The van der Waals surface area contributed by atoms with Crippen LogP contribution in [0.3, 0.4) is 0 Å². The van der Waals surface area contributed by atoms with Crippen LogP contribution in [0.5, 0.6) is 0 Å². The summed E-state index contributed by atoms with van der Waals surface area (Å²) < 4.78 is 25.8. The molecule has 106 valence electrons. The molecule has 1 aromatic heterocycles. The highest BCUT2D eigenvalue weighted by Crippen LogP contribution is 2.17. The van der Waals surface area contributed by atoms with Gasteiger partial charge >= 0.3 is 11.9 Å². The number of nitrogens with one attached hydrogen (secondary N) is 2. The van der Waals surface area contributed by atoms with Gasteiger partial charge in [0.25, 0.3) is 0 Å². The quantitative estimate of drug-likeness (QED) is 0.537. The van der Waals surface area contributed by atoms with Crippen molar-refractivity contribution in [3.05, 3.63) is 11.4 Å². The zero-order valence-corrected chi connectivity index (χ0v) is 11.0. The SMILES string of the molecule is Cc1n[nH]c(C)c1S(=O)(=O)NC(CC(=O)O)C(=O)O. The van der Waals surface area contributed by atoms with Crippen LogP contribution in [0.15, 0.2) is 4.90 Å². The lowest BCUT2D eigenvalue weighted by Crippen LogP contribution is -2.42. The van der Waals surface area contributed by atoms with Crippen LogP contribution in [0.1, 0.15) is 17.8 Å². The Bertz CT molecular complexity index is 586. The van der Waals surface area contributed by atoms with E-state index in [1.807, 2.05) is 4.72 Å². The Morgan fingerprint density at radius 2 is 1.95 bits per heavy atom. The minimum atomic E-state index is -4.16. The van der Waals surface area contributed by atoms with Gasteiger partial charge in [-0.05, 0) is 13.8 Å². The van der Waals surface area contributed by atoms with Gasteiger partial charge in [0.2, 0.25) is 10.0 Å². The summed E-state index contributed by atoms with van der Waals surface area (Å²) in [5, 5.41) is 23.5. The van der Waals surface area contributed by atoms with Crippen LogP contribution in [-0.2, 0) is 19.6 Å². The molecule has 4 N–H and O–H groups in total. The number of aromatic nitrogens is 2. The second kappa shape index (κ2) is 5.36. The highest BCUT2D eigenvalue weighted by Gasteiger charge is 2.30. The Balaban J connectivity index is 3.08. The largest absolute Gasteiger partial charge is 0.481 e. The van der Waals surface area contributed by atoms with Crippen LogP contribution in [-0.4, -0.2) is 46.8 Å². The first-order chi connectivity index (χ1) is 8.65. The van der Waals surface area contributed by atoms with Gasteiger partial charge in [-0.25, -0.2) is 8.42 Å². The van der Waals surface area contributed by atoms with Gasteiger partial charge in [-0.2, -0.15) is 9.82 Å². The first-order valence-corrected chi connectivity index (χ1v) is 6.62. The van der Waals surface area contributed by atoms with E-state index in [-0.39, 0.29) is 16.3 Å². The highest BCUT2D eigenvalue weighted by atomic mass is 32.2. The molecule has 1 heterocycles. The van der Waals surface area contributed by atoms with Gasteiger partial charge in [0.15, 0.2) is 0 Å². The molecule has 0 aliphatic rings. The Labute approximate surface area is 108 Å². The zero-order valence-electron chi connectivity index (χ0n) is 10.2. The Morgan fingerprint density at radius 3 is 2.32 bits per heavy atom. The number of aliphatic carboxylic acids is 2. The van der Waals surface area contributed by atoms with Crippen molar-refractivity contribution in [2.24, 2.45) is 0 Å². The van der Waals surface area contributed by atoms with Crippen molar-refractivity contribution in [1.29, 1.82) is 0 Å². The van der Waals surface area contributed by atoms with Gasteiger partial charge in [0.05, 0.1) is 17.8 Å². The van der Waals surface area contributed by atoms with Gasteiger partial charge in [0.1, 0.15) is 10.9 Å². The minimum Gasteiger partial charge on any atom is -0.481 e. The lowest BCUT2D eigenvalue weighted by molar-refractivity contribution is -0.145. The van der Waals surface area contributed by atoms with Crippen molar-refractivity contribution in [2.45, 2.75) is 31.2 Å². The third kappa shape index (κ3) is 3.51. The van der Waals surface area contributed by atoms with Crippen LogP contribution in [0.25, 0.3) is 0 Å². The van der Waals surface area contributed by atoms with E-state index in [9.17, 15) is 18.0 Å². The number of aryl methyl sites for hydroxylation is 2. The topological polar surface area (TPSA) is 149 Å². The summed E-state index contributed by atoms with van der Waals surface area (Å²) in [6.45, 7) is 2.90. The van der Waals surface area contributed by atoms with E-state index in [0.717, 1.165) is 0 Å². The molecule has 0 aliphatic carbocycles. The number of nitrogens with zero attached hydrogens (tertiary/aromatic N) is 1. The molecule has 0 bridgehead atoms. The smallest absolute Gasteiger partial charge is 0.322 e. The number of aromatic amines is 1. The van der Waals surface area contributed by atoms with Crippen LogP contribution in [0.4, 0.5) is 0 Å². The molecule has 0 amide bonds. The fourth-order valence-electron chi connectivity index (χ4n) is 1.54. The molecule has 1 rings (SSSR count). The summed E-state index contributed by atoms with van der Waals surface area (Å²) >= 11 is 0. The predicted octanol–water partition coefficient (Wildman–Crippen LogP) is -0.767. The molecular weight excluding hydrogens is 278 g/mol. The molecule has 1 atom stereocenters. The lowest BCUT2D eigenvalue weighted by atomic mass is 10.2. The lowest BCUT2D eigenvalue weighted by Gasteiger charge is -2.12. The van der Waals surface area contributed by atoms with Crippen LogP contribution in [0.2, 0.25) is 0 Å². The highest BCUT2D eigenvalue weighted by molar-refractivity contribution is 7.89. The average molecular weight is 291 g/mol. The van der Waals surface area contributed by atoms with E-state index in [1.165, 1.54) is 13.8 Å².